The Labute approximate surface area is 136 Å². The first-order chi connectivity index (χ1) is 11.1. The van der Waals surface area contributed by atoms with Crippen molar-refractivity contribution in [3.8, 4) is 6.07 Å². The Morgan fingerprint density at radius 2 is 2.09 bits per heavy atom. The van der Waals surface area contributed by atoms with Crippen molar-refractivity contribution in [3.05, 3.63) is 35.4 Å². The van der Waals surface area contributed by atoms with E-state index in [1.165, 1.54) is 0 Å². The molecule has 0 bridgehead atoms. The van der Waals surface area contributed by atoms with Crippen LogP contribution >= 0.6 is 0 Å². The fourth-order valence-corrected chi connectivity index (χ4v) is 2.94. The van der Waals surface area contributed by atoms with E-state index in [1.807, 2.05) is 6.07 Å². The molecule has 0 amide bonds. The lowest BCUT2D eigenvalue weighted by Crippen LogP contribution is -2.39. The maximum atomic E-state index is 12.3. The van der Waals surface area contributed by atoms with Crippen LogP contribution in [0.5, 0.6) is 0 Å². The normalized spacial score (nSPS) is 18.2. The summed E-state index contributed by atoms with van der Waals surface area (Å²) in [6.07, 6.45) is 2.42. The quantitative estimate of drug-likeness (QED) is 0.595. The van der Waals surface area contributed by atoms with Crippen LogP contribution < -0.4 is 0 Å². The molecule has 0 unspecified atom stereocenters. The van der Waals surface area contributed by atoms with Crippen LogP contribution in [0.4, 0.5) is 0 Å². The molecule has 1 fully saturated rings. The molecule has 1 atom stereocenters. The second-order valence-corrected chi connectivity index (χ2v) is 5.86. The summed E-state index contributed by atoms with van der Waals surface area (Å²) in [5.41, 5.74) is 1.17. The van der Waals surface area contributed by atoms with Crippen molar-refractivity contribution in [1.29, 1.82) is 5.26 Å². The summed E-state index contributed by atoms with van der Waals surface area (Å²) in [5, 5.41) is 8.79. The number of rotatable bonds is 6. The highest BCUT2D eigenvalue weighted by Crippen LogP contribution is 2.20. The average Bonchev–Trinajstić information content (AvgIpc) is 2.55. The number of hydrogen-bond acceptors (Lipinski definition) is 5. The van der Waals surface area contributed by atoms with E-state index in [0.29, 0.717) is 30.7 Å². The Hall–Kier alpha value is -2.19. The van der Waals surface area contributed by atoms with Crippen molar-refractivity contribution < 1.29 is 14.3 Å². The molecule has 0 radical (unpaired) electrons. The Balaban J connectivity index is 1.87. The number of Topliss-reactive ketones (excluding diaryl/α,β-unsaturated/α-hetero) is 1. The third-order valence-corrected chi connectivity index (χ3v) is 4.07. The zero-order valence-electron chi connectivity index (χ0n) is 13.5. The molecule has 0 saturated carbocycles. The highest BCUT2D eigenvalue weighted by molar-refractivity contribution is 5.97. The molecule has 0 aliphatic carbocycles. The van der Waals surface area contributed by atoms with Crippen molar-refractivity contribution in [2.75, 3.05) is 26.2 Å². The zero-order chi connectivity index (χ0) is 16.7. The lowest BCUT2D eigenvalue weighted by molar-refractivity contribution is -0.144. The number of carbonyl (C=O) groups is 2. The molecule has 2 rings (SSSR count). The summed E-state index contributed by atoms with van der Waals surface area (Å²) in [7, 11) is 0. The minimum Gasteiger partial charge on any atom is -0.466 e. The molecule has 5 heteroatoms. The molecule has 5 nitrogen and oxygen atoms in total. The highest BCUT2D eigenvalue weighted by atomic mass is 16.5. The van der Waals surface area contributed by atoms with Gasteiger partial charge in [-0.05, 0) is 44.4 Å². The second-order valence-electron chi connectivity index (χ2n) is 5.86. The van der Waals surface area contributed by atoms with Gasteiger partial charge in [0.1, 0.15) is 0 Å². The van der Waals surface area contributed by atoms with Crippen LogP contribution in [0.2, 0.25) is 0 Å². The highest BCUT2D eigenvalue weighted by Gasteiger charge is 2.24. The van der Waals surface area contributed by atoms with Gasteiger partial charge in [0.05, 0.1) is 24.8 Å². The number of ether oxygens (including phenoxy) is 1. The summed E-state index contributed by atoms with van der Waals surface area (Å²) < 4.78 is 5.00. The standard InChI is InChI=1S/C18H22N2O3/c1-2-23-18(22)10-15-4-3-9-20(12-15)13-17(21)16-7-5-14(11-19)6-8-16/h5-8,15H,2-4,9-10,12-13H2,1H3/t15-/m1/s1. The van der Waals surface area contributed by atoms with E-state index in [2.05, 4.69) is 4.90 Å². The molecule has 0 N–H and O–H groups in total. The fourth-order valence-electron chi connectivity index (χ4n) is 2.94. The number of likely N-dealkylation sites (tertiary alicyclic amines) is 1. The van der Waals surface area contributed by atoms with Crippen LogP contribution in [0.1, 0.15) is 42.1 Å². The summed E-state index contributed by atoms with van der Waals surface area (Å²) in [4.78, 5) is 26.0. The smallest absolute Gasteiger partial charge is 0.306 e. The van der Waals surface area contributed by atoms with Crippen LogP contribution in [0.25, 0.3) is 0 Å². The molecule has 1 heterocycles. The van der Waals surface area contributed by atoms with E-state index in [4.69, 9.17) is 10.00 Å². The number of ketones is 1. The summed E-state index contributed by atoms with van der Waals surface area (Å²) in [6, 6.07) is 8.75. The monoisotopic (exact) mass is 314 g/mol. The third kappa shape index (κ3) is 5.19. The number of nitrogens with zero attached hydrogens (tertiary/aromatic N) is 2. The molecule has 23 heavy (non-hydrogen) atoms. The molecule has 1 aliphatic rings. The lowest BCUT2D eigenvalue weighted by atomic mass is 9.94. The van der Waals surface area contributed by atoms with E-state index in [-0.39, 0.29) is 17.7 Å². The number of nitriles is 1. The van der Waals surface area contributed by atoms with Gasteiger partial charge in [-0.15, -0.1) is 0 Å². The van der Waals surface area contributed by atoms with Crippen LogP contribution in [0.3, 0.4) is 0 Å². The Kier molecular flexibility index (Phi) is 6.30. The largest absolute Gasteiger partial charge is 0.466 e. The number of benzene rings is 1. The Morgan fingerprint density at radius 3 is 2.74 bits per heavy atom. The topological polar surface area (TPSA) is 70.4 Å². The Morgan fingerprint density at radius 1 is 1.35 bits per heavy atom. The van der Waals surface area contributed by atoms with Gasteiger partial charge in [-0.1, -0.05) is 12.1 Å². The second kappa shape index (κ2) is 8.44. The lowest BCUT2D eigenvalue weighted by Gasteiger charge is -2.31. The predicted molar refractivity (Wildman–Crippen MR) is 85.9 cm³/mol. The van der Waals surface area contributed by atoms with Gasteiger partial charge >= 0.3 is 5.97 Å². The van der Waals surface area contributed by atoms with Gasteiger partial charge in [0, 0.05) is 18.5 Å². The Bertz CT molecular complexity index is 589. The first kappa shape index (κ1) is 17.2. The first-order valence-electron chi connectivity index (χ1n) is 8.03. The molecule has 0 aromatic heterocycles. The average molecular weight is 314 g/mol. The van der Waals surface area contributed by atoms with Gasteiger partial charge in [-0.25, -0.2) is 0 Å². The fraction of sp³-hybridized carbons (Fsp3) is 0.500. The van der Waals surface area contributed by atoms with Crippen molar-refractivity contribution in [3.63, 3.8) is 0 Å². The van der Waals surface area contributed by atoms with Crippen molar-refractivity contribution in [1.82, 2.24) is 4.90 Å². The number of hydrogen-bond donors (Lipinski definition) is 0. The van der Waals surface area contributed by atoms with E-state index in [9.17, 15) is 9.59 Å². The summed E-state index contributed by atoms with van der Waals surface area (Å²) >= 11 is 0. The van der Waals surface area contributed by atoms with E-state index < -0.39 is 0 Å². The van der Waals surface area contributed by atoms with Gasteiger partial charge in [-0.3, -0.25) is 14.5 Å². The van der Waals surface area contributed by atoms with Gasteiger partial charge in [0.15, 0.2) is 5.78 Å². The van der Waals surface area contributed by atoms with E-state index in [0.717, 1.165) is 25.9 Å². The maximum Gasteiger partial charge on any atom is 0.306 e. The number of esters is 1. The molecular formula is C18H22N2O3. The van der Waals surface area contributed by atoms with Gasteiger partial charge < -0.3 is 4.74 Å². The van der Waals surface area contributed by atoms with Gasteiger partial charge in [0.2, 0.25) is 0 Å². The molecule has 1 aromatic rings. The van der Waals surface area contributed by atoms with Crippen LogP contribution in [0, 0.1) is 17.2 Å². The minimum absolute atomic E-state index is 0.0475. The number of piperidine rings is 1. The van der Waals surface area contributed by atoms with Gasteiger partial charge in [0.25, 0.3) is 0 Å². The van der Waals surface area contributed by atoms with Crippen molar-refractivity contribution in [2.45, 2.75) is 26.2 Å². The predicted octanol–water partition coefficient (Wildman–Crippen LogP) is 2.41. The number of carbonyl (C=O) groups excluding carboxylic acids is 2. The van der Waals surface area contributed by atoms with Crippen LogP contribution in [-0.2, 0) is 9.53 Å². The molecule has 1 aliphatic heterocycles. The first-order valence-corrected chi connectivity index (χ1v) is 8.03. The minimum atomic E-state index is -0.155. The van der Waals surface area contributed by atoms with E-state index >= 15 is 0 Å². The molecular weight excluding hydrogens is 292 g/mol. The van der Waals surface area contributed by atoms with Gasteiger partial charge in [-0.2, -0.15) is 5.26 Å². The van der Waals surface area contributed by atoms with Crippen molar-refractivity contribution >= 4 is 11.8 Å². The zero-order valence-corrected chi connectivity index (χ0v) is 13.5. The summed E-state index contributed by atoms with van der Waals surface area (Å²) in [5.74, 6) is 0.153. The van der Waals surface area contributed by atoms with Crippen LogP contribution in [0.15, 0.2) is 24.3 Å². The molecule has 0 spiro atoms. The molecule has 122 valence electrons. The maximum absolute atomic E-state index is 12.3. The molecule has 1 saturated heterocycles. The SMILES string of the molecule is CCOC(=O)C[C@H]1CCCN(CC(=O)c2ccc(C#N)cc2)C1. The third-order valence-electron chi connectivity index (χ3n) is 4.07. The van der Waals surface area contributed by atoms with E-state index in [1.54, 1.807) is 31.2 Å². The van der Waals surface area contributed by atoms with Crippen LogP contribution in [-0.4, -0.2) is 42.9 Å². The molecule has 1 aromatic carbocycles. The summed E-state index contributed by atoms with van der Waals surface area (Å²) in [6.45, 7) is 4.20. The van der Waals surface area contributed by atoms with Crippen molar-refractivity contribution in [2.24, 2.45) is 5.92 Å².